The monoisotopic (exact) mass is 496 g/mol. The van der Waals surface area contributed by atoms with Crippen LogP contribution >= 0.6 is 0 Å². The minimum atomic E-state index is -0.765. The van der Waals surface area contributed by atoms with Crippen molar-refractivity contribution >= 4 is 11.9 Å². The molecular weight excluding hydrogens is 464 g/mol. The predicted octanol–water partition coefficient (Wildman–Crippen LogP) is 2.81. The Morgan fingerprint density at radius 3 is 2.83 bits per heavy atom. The number of pyridine rings is 1. The van der Waals surface area contributed by atoms with E-state index < -0.39 is 11.7 Å². The van der Waals surface area contributed by atoms with Gasteiger partial charge in [0.25, 0.3) is 0 Å². The molecule has 1 fully saturated rings. The van der Waals surface area contributed by atoms with Crippen LogP contribution in [-0.4, -0.2) is 52.1 Å². The number of anilines is 1. The zero-order valence-corrected chi connectivity index (χ0v) is 21.0. The van der Waals surface area contributed by atoms with Crippen molar-refractivity contribution in [3.8, 4) is 17.1 Å². The molecule has 0 radical (unpaired) electrons. The third-order valence-electron chi connectivity index (χ3n) is 6.65. The Hall–Kier alpha value is -3.83. The van der Waals surface area contributed by atoms with Gasteiger partial charge < -0.3 is 15.2 Å². The van der Waals surface area contributed by atoms with Crippen molar-refractivity contribution in [2.45, 2.75) is 71.4 Å². The number of carboxylic acid groups (broad SMARTS) is 1. The van der Waals surface area contributed by atoms with Crippen molar-refractivity contribution in [2.75, 3.05) is 5.32 Å². The number of nitrogens with one attached hydrogen (secondary N) is 2. The molecule has 3 heterocycles. The number of ether oxygens (including phenoxy) is 1. The summed E-state index contributed by atoms with van der Waals surface area (Å²) in [6.45, 7) is 6.16. The molecule has 4 rings (SSSR count). The number of carbonyl (C=O) groups is 1. The summed E-state index contributed by atoms with van der Waals surface area (Å²) in [4.78, 5) is 39.1. The van der Waals surface area contributed by atoms with E-state index in [9.17, 15) is 14.7 Å². The predicted molar refractivity (Wildman–Crippen MR) is 132 cm³/mol. The second kappa shape index (κ2) is 10.8. The van der Waals surface area contributed by atoms with Crippen LogP contribution < -0.4 is 15.7 Å². The van der Waals surface area contributed by atoms with Crippen molar-refractivity contribution in [1.82, 2.24) is 34.9 Å². The normalized spacial score (nSPS) is 18.6. The standard InChI is InChI=1S/C24H32N8O4/c1-5-13(2)21-27-23(29-24(35)28-21)25-12-18-20(30-31-32(18)4)17-9-10-19(14(3)26-17)36-16-8-6-7-15(11-16)22(33)34/h9-10,13,15-16H,5-8,11-12H2,1-4H3,(H,33,34)(H2,25,27,28,29,35)/t13?,15-,16-/m0/s1. The molecule has 3 N–H and O–H groups in total. The lowest BCUT2D eigenvalue weighted by atomic mass is 9.87. The Morgan fingerprint density at radius 1 is 1.31 bits per heavy atom. The Bertz CT molecular complexity index is 1290. The number of aromatic amines is 1. The molecule has 1 aliphatic rings. The molecule has 0 bridgehead atoms. The molecule has 0 spiro atoms. The highest BCUT2D eigenvalue weighted by molar-refractivity contribution is 5.70. The fourth-order valence-electron chi connectivity index (χ4n) is 4.30. The fraction of sp³-hybridized carbons (Fsp3) is 0.542. The van der Waals surface area contributed by atoms with Crippen LogP contribution in [0.25, 0.3) is 11.4 Å². The maximum absolute atomic E-state index is 12.0. The van der Waals surface area contributed by atoms with Gasteiger partial charge >= 0.3 is 11.7 Å². The molecule has 1 unspecified atom stereocenters. The van der Waals surface area contributed by atoms with Gasteiger partial charge in [0.2, 0.25) is 5.95 Å². The third-order valence-corrected chi connectivity index (χ3v) is 6.65. The number of aromatic nitrogens is 7. The van der Waals surface area contributed by atoms with E-state index in [1.165, 1.54) is 0 Å². The smallest absolute Gasteiger partial charge is 0.349 e. The van der Waals surface area contributed by atoms with Gasteiger partial charge in [-0.3, -0.25) is 9.78 Å². The van der Waals surface area contributed by atoms with Gasteiger partial charge in [-0.1, -0.05) is 19.1 Å². The van der Waals surface area contributed by atoms with E-state index in [-0.39, 0.29) is 23.9 Å². The number of rotatable bonds is 9. The fourth-order valence-corrected chi connectivity index (χ4v) is 4.30. The minimum Gasteiger partial charge on any atom is -0.489 e. The molecule has 0 aliphatic heterocycles. The first-order chi connectivity index (χ1) is 17.2. The molecule has 3 aromatic heterocycles. The number of hydrogen-bond acceptors (Lipinski definition) is 9. The van der Waals surface area contributed by atoms with Crippen molar-refractivity contribution in [3.63, 3.8) is 0 Å². The van der Waals surface area contributed by atoms with Crippen molar-refractivity contribution in [2.24, 2.45) is 13.0 Å². The summed E-state index contributed by atoms with van der Waals surface area (Å²) in [5.74, 6) is 0.430. The molecule has 192 valence electrons. The number of aryl methyl sites for hydroxylation is 2. The molecule has 3 atom stereocenters. The van der Waals surface area contributed by atoms with Gasteiger partial charge in [0.1, 0.15) is 17.3 Å². The second-order valence-corrected chi connectivity index (χ2v) is 9.26. The lowest BCUT2D eigenvalue weighted by Crippen LogP contribution is -2.29. The zero-order chi connectivity index (χ0) is 25.8. The summed E-state index contributed by atoms with van der Waals surface area (Å²) in [5, 5.41) is 20.9. The summed E-state index contributed by atoms with van der Waals surface area (Å²) in [6.07, 6.45) is 3.55. The number of carboxylic acids is 1. The Kier molecular flexibility index (Phi) is 7.61. The molecule has 12 nitrogen and oxygen atoms in total. The topological polar surface area (TPSA) is 161 Å². The first-order valence-electron chi connectivity index (χ1n) is 12.2. The first-order valence-corrected chi connectivity index (χ1v) is 12.2. The summed E-state index contributed by atoms with van der Waals surface area (Å²) in [7, 11) is 1.78. The number of hydrogen-bond donors (Lipinski definition) is 3. The number of aliphatic carboxylic acids is 1. The third kappa shape index (κ3) is 5.69. The molecule has 12 heteroatoms. The van der Waals surface area contributed by atoms with Gasteiger partial charge in [-0.25, -0.2) is 14.5 Å². The molecule has 0 saturated heterocycles. The Balaban J connectivity index is 1.50. The highest BCUT2D eigenvalue weighted by Crippen LogP contribution is 2.30. The van der Waals surface area contributed by atoms with Crippen LogP contribution in [0.5, 0.6) is 5.75 Å². The average Bonchev–Trinajstić information content (AvgIpc) is 3.23. The van der Waals surface area contributed by atoms with Gasteiger partial charge in [0.15, 0.2) is 0 Å². The summed E-state index contributed by atoms with van der Waals surface area (Å²) < 4.78 is 7.76. The SMILES string of the molecule is CCC(C)c1nc(NCc2c(-c3ccc(O[C@H]4CCC[C@H](C(=O)O)C4)c(C)n3)nnn2C)nc(=O)[nH]1. The maximum Gasteiger partial charge on any atom is 0.349 e. The van der Waals surface area contributed by atoms with E-state index in [1.807, 2.05) is 32.9 Å². The van der Waals surface area contributed by atoms with Crippen LogP contribution in [-0.2, 0) is 18.4 Å². The molecule has 0 amide bonds. The van der Waals surface area contributed by atoms with E-state index in [0.29, 0.717) is 48.0 Å². The van der Waals surface area contributed by atoms with Crippen LogP contribution in [0.1, 0.15) is 69.1 Å². The Labute approximate surface area is 208 Å². The summed E-state index contributed by atoms with van der Waals surface area (Å²) in [5.41, 5.74) is 2.21. The van der Waals surface area contributed by atoms with Gasteiger partial charge in [-0.15, -0.1) is 5.10 Å². The zero-order valence-electron chi connectivity index (χ0n) is 21.0. The quantitative estimate of drug-likeness (QED) is 0.402. The van der Waals surface area contributed by atoms with E-state index >= 15 is 0 Å². The van der Waals surface area contributed by atoms with E-state index in [0.717, 1.165) is 25.0 Å². The largest absolute Gasteiger partial charge is 0.489 e. The lowest BCUT2D eigenvalue weighted by Gasteiger charge is -2.27. The molecular formula is C24H32N8O4. The molecule has 36 heavy (non-hydrogen) atoms. The average molecular weight is 497 g/mol. The van der Waals surface area contributed by atoms with Crippen LogP contribution in [0.4, 0.5) is 5.95 Å². The van der Waals surface area contributed by atoms with Crippen molar-refractivity contribution in [1.29, 1.82) is 0 Å². The highest BCUT2D eigenvalue weighted by atomic mass is 16.5. The van der Waals surface area contributed by atoms with Crippen molar-refractivity contribution < 1.29 is 14.6 Å². The Morgan fingerprint density at radius 2 is 2.11 bits per heavy atom. The van der Waals surface area contributed by atoms with Gasteiger partial charge in [-0.2, -0.15) is 9.97 Å². The summed E-state index contributed by atoms with van der Waals surface area (Å²) in [6, 6.07) is 3.66. The van der Waals surface area contributed by atoms with Gasteiger partial charge in [0, 0.05) is 13.0 Å². The van der Waals surface area contributed by atoms with Crippen LogP contribution in [0.15, 0.2) is 16.9 Å². The minimum absolute atomic E-state index is 0.103. The van der Waals surface area contributed by atoms with Crippen molar-refractivity contribution in [3.05, 3.63) is 39.8 Å². The van der Waals surface area contributed by atoms with Gasteiger partial charge in [0.05, 0.1) is 35.6 Å². The van der Waals surface area contributed by atoms with E-state index in [1.54, 1.807) is 11.7 Å². The number of nitrogens with zero attached hydrogens (tertiary/aromatic N) is 6. The van der Waals surface area contributed by atoms with Crippen LogP contribution in [0.2, 0.25) is 0 Å². The highest BCUT2D eigenvalue weighted by Gasteiger charge is 2.28. The summed E-state index contributed by atoms with van der Waals surface area (Å²) >= 11 is 0. The second-order valence-electron chi connectivity index (χ2n) is 9.26. The lowest BCUT2D eigenvalue weighted by molar-refractivity contribution is -0.143. The van der Waals surface area contributed by atoms with E-state index in [2.05, 4.69) is 35.6 Å². The van der Waals surface area contributed by atoms with Crippen LogP contribution in [0, 0.1) is 12.8 Å². The molecule has 0 aromatic carbocycles. The molecule has 1 saturated carbocycles. The van der Waals surface area contributed by atoms with E-state index in [4.69, 9.17) is 4.74 Å². The molecule has 1 aliphatic carbocycles. The number of H-pyrrole nitrogens is 1. The maximum atomic E-state index is 12.0. The molecule has 3 aromatic rings. The first kappa shape index (κ1) is 25.3. The van der Waals surface area contributed by atoms with Gasteiger partial charge in [-0.05, 0) is 51.2 Å². The van der Waals surface area contributed by atoms with Crippen LogP contribution in [0.3, 0.4) is 0 Å².